The molecule has 0 bridgehead atoms. The van der Waals surface area contributed by atoms with Gasteiger partial charge in [0, 0.05) is 16.5 Å². The molecule has 0 saturated heterocycles. The zero-order valence-electron chi connectivity index (χ0n) is 19.9. The van der Waals surface area contributed by atoms with Gasteiger partial charge in [0.05, 0.1) is 6.04 Å². The second-order valence-electron chi connectivity index (χ2n) is 8.32. The summed E-state index contributed by atoms with van der Waals surface area (Å²) in [7, 11) is 0. The van der Waals surface area contributed by atoms with E-state index in [1.807, 2.05) is 30.5 Å². The standard InChI is InChI=1S/C27H27ClN4O2S/c1-18-7-11-23(12-8-18)32-26(30-31-27(32)35-17-21-6-4-5-19(2)15-21)20(3)29-25(33)16-34-24-13-9-22(28)10-14-24/h4-15,20H,16-17H2,1-3H3,(H,29,33). The molecule has 1 unspecified atom stereocenters. The number of aryl methyl sites for hydroxylation is 2. The molecule has 3 aromatic carbocycles. The highest BCUT2D eigenvalue weighted by atomic mass is 35.5. The molecule has 0 radical (unpaired) electrons. The summed E-state index contributed by atoms with van der Waals surface area (Å²) in [5.74, 6) is 1.75. The van der Waals surface area contributed by atoms with Crippen molar-refractivity contribution in [1.29, 1.82) is 0 Å². The van der Waals surface area contributed by atoms with Crippen LogP contribution < -0.4 is 10.1 Å². The Hall–Kier alpha value is -3.29. The summed E-state index contributed by atoms with van der Waals surface area (Å²) in [6.45, 7) is 5.92. The molecule has 0 fully saturated rings. The average molecular weight is 507 g/mol. The van der Waals surface area contributed by atoms with E-state index in [-0.39, 0.29) is 18.6 Å². The summed E-state index contributed by atoms with van der Waals surface area (Å²) >= 11 is 7.51. The van der Waals surface area contributed by atoms with Crippen molar-refractivity contribution in [2.45, 2.75) is 37.7 Å². The minimum atomic E-state index is -0.376. The van der Waals surface area contributed by atoms with Crippen LogP contribution in [0.5, 0.6) is 5.75 Å². The van der Waals surface area contributed by atoms with Gasteiger partial charge in [-0.15, -0.1) is 10.2 Å². The number of ether oxygens (including phenoxy) is 1. The minimum Gasteiger partial charge on any atom is -0.484 e. The highest BCUT2D eigenvalue weighted by Crippen LogP contribution is 2.28. The van der Waals surface area contributed by atoms with Crippen LogP contribution in [-0.2, 0) is 10.5 Å². The van der Waals surface area contributed by atoms with Crippen LogP contribution in [0.25, 0.3) is 5.69 Å². The van der Waals surface area contributed by atoms with E-state index in [1.54, 1.807) is 36.0 Å². The fourth-order valence-electron chi connectivity index (χ4n) is 3.57. The van der Waals surface area contributed by atoms with Gasteiger partial charge in [-0.3, -0.25) is 9.36 Å². The maximum atomic E-state index is 12.6. The summed E-state index contributed by atoms with van der Waals surface area (Å²) in [6, 6.07) is 23.1. The topological polar surface area (TPSA) is 69.0 Å². The van der Waals surface area contributed by atoms with Crippen molar-refractivity contribution in [2.75, 3.05) is 6.61 Å². The molecule has 1 atom stereocenters. The summed E-state index contributed by atoms with van der Waals surface area (Å²) in [6.07, 6.45) is 0. The van der Waals surface area contributed by atoms with Crippen LogP contribution in [0.2, 0.25) is 5.02 Å². The zero-order chi connectivity index (χ0) is 24.8. The zero-order valence-corrected chi connectivity index (χ0v) is 21.4. The van der Waals surface area contributed by atoms with Gasteiger partial charge >= 0.3 is 0 Å². The van der Waals surface area contributed by atoms with Gasteiger partial charge < -0.3 is 10.1 Å². The van der Waals surface area contributed by atoms with Crippen molar-refractivity contribution in [3.8, 4) is 11.4 Å². The Bertz CT molecular complexity index is 1290. The van der Waals surface area contributed by atoms with Crippen molar-refractivity contribution in [3.05, 3.63) is 100 Å². The number of rotatable bonds is 9. The molecule has 0 aliphatic rings. The van der Waals surface area contributed by atoms with Crippen LogP contribution >= 0.6 is 23.4 Å². The second kappa shape index (κ2) is 11.4. The van der Waals surface area contributed by atoms with Gasteiger partial charge in [-0.05, 0) is 62.7 Å². The van der Waals surface area contributed by atoms with Crippen molar-refractivity contribution in [3.63, 3.8) is 0 Å². The lowest BCUT2D eigenvalue weighted by atomic mass is 10.2. The molecule has 4 rings (SSSR count). The third kappa shape index (κ3) is 6.65. The van der Waals surface area contributed by atoms with Gasteiger partial charge in [0.25, 0.3) is 5.91 Å². The summed E-state index contributed by atoms with van der Waals surface area (Å²) in [5, 5.41) is 13.3. The first kappa shape index (κ1) is 24.8. The Kier molecular flexibility index (Phi) is 8.10. The van der Waals surface area contributed by atoms with Gasteiger partial charge in [-0.1, -0.05) is 70.9 Å². The van der Waals surface area contributed by atoms with Crippen LogP contribution in [0.3, 0.4) is 0 Å². The summed E-state index contributed by atoms with van der Waals surface area (Å²) in [4.78, 5) is 12.6. The molecule has 6 nitrogen and oxygen atoms in total. The van der Waals surface area contributed by atoms with Crippen molar-refractivity contribution < 1.29 is 9.53 Å². The Morgan fingerprint density at radius 2 is 1.77 bits per heavy atom. The molecule has 35 heavy (non-hydrogen) atoms. The number of carbonyl (C=O) groups excluding carboxylic acids is 1. The highest BCUT2D eigenvalue weighted by molar-refractivity contribution is 7.98. The number of aromatic nitrogens is 3. The quantitative estimate of drug-likeness (QED) is 0.278. The van der Waals surface area contributed by atoms with E-state index < -0.39 is 0 Å². The molecule has 8 heteroatoms. The van der Waals surface area contributed by atoms with Crippen molar-refractivity contribution >= 4 is 29.3 Å². The third-order valence-corrected chi connectivity index (χ3v) is 6.60. The Balaban J connectivity index is 1.50. The Morgan fingerprint density at radius 3 is 2.49 bits per heavy atom. The van der Waals surface area contributed by atoms with E-state index in [9.17, 15) is 4.79 Å². The van der Waals surface area contributed by atoms with E-state index in [1.165, 1.54) is 11.1 Å². The molecule has 1 N–H and O–H groups in total. The monoisotopic (exact) mass is 506 g/mol. The Morgan fingerprint density at radius 1 is 1.03 bits per heavy atom. The van der Waals surface area contributed by atoms with E-state index in [2.05, 4.69) is 58.8 Å². The van der Waals surface area contributed by atoms with Gasteiger partial charge in [-0.25, -0.2) is 0 Å². The SMILES string of the molecule is Cc1ccc(-n2c(SCc3cccc(C)c3)nnc2C(C)NC(=O)COc2ccc(Cl)cc2)cc1. The maximum Gasteiger partial charge on any atom is 0.258 e. The fourth-order valence-corrected chi connectivity index (χ4v) is 4.60. The molecular formula is C27H27ClN4O2S. The average Bonchev–Trinajstić information content (AvgIpc) is 3.27. The molecule has 1 aromatic heterocycles. The number of hydrogen-bond donors (Lipinski definition) is 1. The second-order valence-corrected chi connectivity index (χ2v) is 9.70. The molecule has 180 valence electrons. The first-order valence-electron chi connectivity index (χ1n) is 11.3. The number of nitrogens with one attached hydrogen (secondary N) is 1. The smallest absolute Gasteiger partial charge is 0.258 e. The van der Waals surface area contributed by atoms with Crippen LogP contribution in [0, 0.1) is 13.8 Å². The minimum absolute atomic E-state index is 0.112. The molecule has 1 heterocycles. The van der Waals surface area contributed by atoms with E-state index in [0.717, 1.165) is 22.2 Å². The van der Waals surface area contributed by atoms with E-state index in [0.29, 0.717) is 16.6 Å². The highest BCUT2D eigenvalue weighted by Gasteiger charge is 2.21. The first-order chi connectivity index (χ1) is 16.9. The van der Waals surface area contributed by atoms with Gasteiger partial charge in [-0.2, -0.15) is 0 Å². The molecule has 0 saturated carbocycles. The first-order valence-corrected chi connectivity index (χ1v) is 12.6. The van der Waals surface area contributed by atoms with Crippen molar-refractivity contribution in [1.82, 2.24) is 20.1 Å². The lowest BCUT2D eigenvalue weighted by molar-refractivity contribution is -0.123. The van der Waals surface area contributed by atoms with Gasteiger partial charge in [0.2, 0.25) is 0 Å². The van der Waals surface area contributed by atoms with E-state index >= 15 is 0 Å². The lowest BCUT2D eigenvalue weighted by Crippen LogP contribution is -2.32. The molecule has 0 spiro atoms. The predicted octanol–water partition coefficient (Wildman–Crippen LogP) is 6.09. The number of amides is 1. The van der Waals surface area contributed by atoms with Crippen molar-refractivity contribution in [2.24, 2.45) is 0 Å². The lowest BCUT2D eigenvalue weighted by Gasteiger charge is -2.17. The molecular weight excluding hydrogens is 480 g/mol. The molecule has 4 aromatic rings. The number of hydrogen-bond acceptors (Lipinski definition) is 5. The number of thioether (sulfide) groups is 1. The molecule has 0 aliphatic heterocycles. The van der Waals surface area contributed by atoms with Crippen LogP contribution in [0.4, 0.5) is 0 Å². The van der Waals surface area contributed by atoms with E-state index in [4.69, 9.17) is 16.3 Å². The number of nitrogens with zero attached hydrogens (tertiary/aromatic N) is 3. The number of benzene rings is 3. The fraction of sp³-hybridized carbons (Fsp3) is 0.222. The summed E-state index contributed by atoms with van der Waals surface area (Å²) < 4.78 is 7.58. The number of halogens is 1. The van der Waals surface area contributed by atoms with Crippen LogP contribution in [0.1, 0.15) is 35.5 Å². The maximum absolute atomic E-state index is 12.6. The van der Waals surface area contributed by atoms with Gasteiger partial charge in [0.1, 0.15) is 5.75 Å². The molecule has 0 aliphatic carbocycles. The summed E-state index contributed by atoms with van der Waals surface area (Å²) in [5.41, 5.74) is 4.55. The predicted molar refractivity (Wildman–Crippen MR) is 140 cm³/mol. The largest absolute Gasteiger partial charge is 0.484 e. The molecule has 1 amide bonds. The third-order valence-electron chi connectivity index (χ3n) is 5.35. The Labute approximate surface area is 214 Å². The number of carbonyl (C=O) groups is 1. The normalized spacial score (nSPS) is 11.8. The van der Waals surface area contributed by atoms with Crippen LogP contribution in [0.15, 0.2) is 78.0 Å². The van der Waals surface area contributed by atoms with Gasteiger partial charge in [0.15, 0.2) is 17.6 Å². The van der Waals surface area contributed by atoms with Crippen LogP contribution in [-0.4, -0.2) is 27.3 Å².